The van der Waals surface area contributed by atoms with Crippen molar-refractivity contribution in [2.45, 2.75) is 4.90 Å². The Morgan fingerprint density at radius 2 is 1.20 bits per heavy atom. The van der Waals surface area contributed by atoms with Crippen LogP contribution in [0.25, 0.3) is 22.3 Å². The number of hydrogen-bond donors (Lipinski definition) is 1. The fourth-order valence-electron chi connectivity index (χ4n) is 3.01. The maximum absolute atomic E-state index is 14.7. The number of primary sulfonamides is 1. The fourth-order valence-corrected chi connectivity index (χ4v) is 3.53. The van der Waals surface area contributed by atoms with Crippen molar-refractivity contribution in [3.8, 4) is 22.3 Å². The molecule has 0 saturated heterocycles. The van der Waals surface area contributed by atoms with Crippen LogP contribution in [0.4, 0.5) is 27.6 Å². The summed E-state index contributed by atoms with van der Waals surface area (Å²) in [6.07, 6.45) is 0. The van der Waals surface area contributed by atoms with Crippen LogP contribution in [0.15, 0.2) is 47.4 Å². The van der Waals surface area contributed by atoms with Gasteiger partial charge in [-0.1, -0.05) is 18.2 Å². The predicted molar refractivity (Wildman–Crippen MR) is 103 cm³/mol. The van der Waals surface area contributed by atoms with Crippen molar-refractivity contribution >= 4 is 15.7 Å². The van der Waals surface area contributed by atoms with Crippen LogP contribution in [0.3, 0.4) is 0 Å². The number of rotatable bonds is 4. The monoisotopic (exact) mass is 442 g/mol. The van der Waals surface area contributed by atoms with Gasteiger partial charge in [-0.2, -0.15) is 0 Å². The number of hydrogen-bond acceptors (Lipinski definition) is 3. The van der Waals surface area contributed by atoms with Gasteiger partial charge in [0, 0.05) is 25.2 Å². The van der Waals surface area contributed by atoms with Crippen LogP contribution in [0.5, 0.6) is 0 Å². The highest BCUT2D eigenvalue weighted by molar-refractivity contribution is 7.89. The van der Waals surface area contributed by atoms with Crippen LogP contribution in [0.1, 0.15) is 0 Å². The van der Waals surface area contributed by atoms with Gasteiger partial charge in [0.25, 0.3) is 0 Å². The lowest BCUT2D eigenvalue weighted by Crippen LogP contribution is -2.12. The number of anilines is 1. The van der Waals surface area contributed by atoms with Gasteiger partial charge in [0.15, 0.2) is 23.3 Å². The van der Waals surface area contributed by atoms with Gasteiger partial charge in [-0.3, -0.25) is 0 Å². The molecule has 4 nitrogen and oxygen atoms in total. The Bertz CT molecular complexity index is 1240. The summed E-state index contributed by atoms with van der Waals surface area (Å²) in [5.41, 5.74) is -1.66. The molecule has 10 heteroatoms. The van der Waals surface area contributed by atoms with E-state index >= 15 is 0 Å². The molecule has 0 atom stereocenters. The fraction of sp³-hybridized carbons (Fsp3) is 0.100. The Balaban J connectivity index is 2.33. The highest BCUT2D eigenvalue weighted by Gasteiger charge is 2.28. The molecule has 0 aliphatic carbocycles. The Kier molecular flexibility index (Phi) is 5.57. The molecule has 0 fully saturated rings. The SMILES string of the molecule is CN(C)c1ccc(-c2c(F)c(F)c(F)c(F)c2-c2ccc(S(N)(=O)=O)cc2)cc1F. The predicted octanol–water partition coefficient (Wildman–Crippen LogP) is 4.43. The maximum Gasteiger partial charge on any atom is 0.238 e. The average Bonchev–Trinajstić information content (AvgIpc) is 2.68. The van der Waals surface area contributed by atoms with E-state index in [0.29, 0.717) is 0 Å². The minimum Gasteiger partial charge on any atom is -0.375 e. The first kappa shape index (κ1) is 21.7. The van der Waals surface area contributed by atoms with E-state index in [4.69, 9.17) is 5.14 Å². The molecule has 30 heavy (non-hydrogen) atoms. The molecular formula is C20H15F5N2O2S. The zero-order chi connectivity index (χ0) is 22.4. The Labute approximate surface area is 169 Å². The zero-order valence-corrected chi connectivity index (χ0v) is 16.5. The minimum absolute atomic E-state index is 0.140. The second-order valence-corrected chi connectivity index (χ2v) is 8.20. The molecule has 3 aromatic carbocycles. The first-order valence-electron chi connectivity index (χ1n) is 8.40. The summed E-state index contributed by atoms with van der Waals surface area (Å²) in [7, 11) is -0.944. The summed E-state index contributed by atoms with van der Waals surface area (Å²) >= 11 is 0. The van der Waals surface area contributed by atoms with E-state index in [2.05, 4.69) is 0 Å². The molecule has 0 aliphatic rings. The third kappa shape index (κ3) is 3.75. The number of halogens is 5. The summed E-state index contributed by atoms with van der Waals surface area (Å²) in [5, 5.41) is 5.00. The standard InChI is InChI=1S/C20H15F5N2O2S/c1-27(2)14-8-5-11(9-13(14)21)16-15(17(22)19(24)20(25)18(16)23)10-3-6-12(7-4-10)30(26,28)29/h3-9H,1-2H3,(H2,26,28,29). The van der Waals surface area contributed by atoms with Gasteiger partial charge in [0.05, 0.1) is 10.6 Å². The van der Waals surface area contributed by atoms with Crippen molar-refractivity contribution in [1.29, 1.82) is 0 Å². The van der Waals surface area contributed by atoms with Crippen LogP contribution < -0.4 is 10.0 Å². The Morgan fingerprint density at radius 1 is 0.733 bits per heavy atom. The highest BCUT2D eigenvalue weighted by Crippen LogP contribution is 2.40. The van der Waals surface area contributed by atoms with Gasteiger partial charge in [-0.25, -0.2) is 35.5 Å². The van der Waals surface area contributed by atoms with Gasteiger partial charge in [0.2, 0.25) is 10.0 Å². The van der Waals surface area contributed by atoms with Crippen molar-refractivity contribution in [3.05, 3.63) is 71.6 Å². The van der Waals surface area contributed by atoms with Crippen LogP contribution in [-0.2, 0) is 10.0 Å². The molecule has 0 saturated carbocycles. The molecule has 0 unspecified atom stereocenters. The highest BCUT2D eigenvalue weighted by atomic mass is 32.2. The van der Waals surface area contributed by atoms with E-state index in [1.165, 1.54) is 17.0 Å². The first-order valence-corrected chi connectivity index (χ1v) is 9.94. The van der Waals surface area contributed by atoms with Crippen molar-refractivity contribution in [3.63, 3.8) is 0 Å². The maximum atomic E-state index is 14.7. The third-order valence-corrected chi connectivity index (χ3v) is 5.39. The smallest absolute Gasteiger partial charge is 0.238 e. The molecule has 158 valence electrons. The summed E-state index contributed by atoms with van der Waals surface area (Å²) in [6, 6.07) is 7.50. The molecule has 0 aliphatic heterocycles. The van der Waals surface area contributed by atoms with E-state index in [-0.39, 0.29) is 21.7 Å². The van der Waals surface area contributed by atoms with Crippen LogP contribution in [-0.4, -0.2) is 22.5 Å². The van der Waals surface area contributed by atoms with Crippen molar-refractivity contribution in [2.24, 2.45) is 5.14 Å². The van der Waals surface area contributed by atoms with E-state index in [0.717, 1.165) is 30.3 Å². The summed E-state index contributed by atoms with van der Waals surface area (Å²) in [4.78, 5) is 1.12. The molecule has 0 radical (unpaired) electrons. The third-order valence-electron chi connectivity index (χ3n) is 4.46. The van der Waals surface area contributed by atoms with Crippen LogP contribution in [0, 0.1) is 29.1 Å². The second-order valence-electron chi connectivity index (χ2n) is 6.64. The zero-order valence-electron chi connectivity index (χ0n) is 15.7. The number of nitrogens with zero attached hydrogens (tertiary/aromatic N) is 1. The number of benzene rings is 3. The quantitative estimate of drug-likeness (QED) is 0.369. The number of sulfonamides is 1. The number of nitrogens with two attached hydrogens (primary N) is 1. The molecular weight excluding hydrogens is 427 g/mol. The first-order chi connectivity index (χ1) is 13.9. The molecule has 2 N–H and O–H groups in total. The van der Waals surface area contributed by atoms with E-state index in [1.807, 2.05) is 0 Å². The van der Waals surface area contributed by atoms with Gasteiger partial charge < -0.3 is 4.90 Å². The topological polar surface area (TPSA) is 63.4 Å². The lowest BCUT2D eigenvalue weighted by Gasteiger charge is -2.17. The van der Waals surface area contributed by atoms with E-state index in [9.17, 15) is 30.4 Å². The van der Waals surface area contributed by atoms with Crippen LogP contribution in [0.2, 0.25) is 0 Å². The second kappa shape index (κ2) is 7.69. The molecule has 0 spiro atoms. The molecule has 0 heterocycles. The van der Waals surface area contributed by atoms with Gasteiger partial charge >= 0.3 is 0 Å². The van der Waals surface area contributed by atoms with Crippen molar-refractivity contribution in [1.82, 2.24) is 0 Å². The molecule has 0 aromatic heterocycles. The summed E-state index contributed by atoms with van der Waals surface area (Å²) in [5.74, 6) is -8.31. The van der Waals surface area contributed by atoms with Crippen molar-refractivity contribution in [2.75, 3.05) is 19.0 Å². The largest absolute Gasteiger partial charge is 0.375 e. The van der Waals surface area contributed by atoms with Crippen LogP contribution >= 0.6 is 0 Å². The Hall–Kier alpha value is -2.98. The van der Waals surface area contributed by atoms with Crippen molar-refractivity contribution < 1.29 is 30.4 Å². The summed E-state index contributed by atoms with van der Waals surface area (Å²) in [6.45, 7) is 0. The van der Waals surface area contributed by atoms with E-state index < -0.39 is 50.2 Å². The Morgan fingerprint density at radius 3 is 1.63 bits per heavy atom. The molecule has 3 aromatic rings. The molecule has 3 rings (SSSR count). The lowest BCUT2D eigenvalue weighted by molar-refractivity contribution is 0.412. The normalized spacial score (nSPS) is 11.6. The molecule has 0 bridgehead atoms. The lowest BCUT2D eigenvalue weighted by atomic mass is 9.92. The van der Waals surface area contributed by atoms with Gasteiger partial charge in [-0.05, 0) is 35.4 Å². The average molecular weight is 442 g/mol. The van der Waals surface area contributed by atoms with E-state index in [1.54, 1.807) is 14.1 Å². The van der Waals surface area contributed by atoms with Gasteiger partial charge in [-0.15, -0.1) is 0 Å². The minimum atomic E-state index is -4.07. The summed E-state index contributed by atoms with van der Waals surface area (Å²) < 4.78 is 94.5. The molecule has 0 amide bonds. The van der Waals surface area contributed by atoms with Gasteiger partial charge in [0.1, 0.15) is 5.82 Å².